The first kappa shape index (κ1) is 64.4. The van der Waals surface area contributed by atoms with Crippen molar-refractivity contribution in [1.82, 2.24) is 46.6 Å². The fourth-order valence-corrected chi connectivity index (χ4v) is 11.8. The second kappa shape index (κ2) is 29.2. The summed E-state index contributed by atoms with van der Waals surface area (Å²) < 4.78 is 9.30. The number of nitrogens with zero attached hydrogens (tertiary/aromatic N) is 6. The van der Waals surface area contributed by atoms with Gasteiger partial charge in [-0.1, -0.05) is 45.8 Å². The summed E-state index contributed by atoms with van der Waals surface area (Å²) in [4.78, 5) is 105. The van der Waals surface area contributed by atoms with Crippen molar-refractivity contribution in [2.24, 2.45) is 5.92 Å². The van der Waals surface area contributed by atoms with E-state index in [2.05, 4.69) is 63.2 Å². The molecule has 1 aromatic heterocycles. The van der Waals surface area contributed by atoms with E-state index in [4.69, 9.17) is 9.44 Å². The zero-order valence-corrected chi connectivity index (χ0v) is 48.1. The molecule has 0 aliphatic carbocycles. The summed E-state index contributed by atoms with van der Waals surface area (Å²) in [5, 5.41) is 122. The zero-order chi connectivity index (χ0) is 61.9. The normalized spacial score (nSPS) is 26.6. The SMILES string of the molecule is C[C@H](O)[C@@H]1NC(=O)[C@@H](NC(=O)c2ccc(-c3nnc(-c4ccc(N5CCCCC5)cc4)s3)cc2)C[C@H](O)CNC(=O)[C@@H]2[C@@H](O)[C@H](C)CN2C(=O)[C@H]([C@H](O)CC#N)NC(=O)[C@H]([C@H](O)Cc2ccc(O)c(OSOOO)c2)NC(=O)[C@@H]2C[C@H](O)CN2C1=O. The van der Waals surface area contributed by atoms with Crippen molar-refractivity contribution in [3.8, 4) is 38.7 Å². The maximum Gasteiger partial charge on any atom is 0.261 e. The number of phenolic OH excluding ortho intramolecular Hbond substituents is 1. The third kappa shape index (κ3) is 15.5. The lowest BCUT2D eigenvalue weighted by atomic mass is 9.98. The first-order valence-electron chi connectivity index (χ1n) is 27.6. The summed E-state index contributed by atoms with van der Waals surface area (Å²) in [6, 6.07) is 8.04. The maximum absolute atomic E-state index is 14.6. The molecule has 0 radical (unpaired) electrons. The van der Waals surface area contributed by atoms with Gasteiger partial charge in [0.2, 0.25) is 35.4 Å². The second-order valence-electron chi connectivity index (χ2n) is 21.5. The van der Waals surface area contributed by atoms with Crippen LogP contribution in [0.25, 0.3) is 21.1 Å². The molecule has 4 fully saturated rings. The Morgan fingerprint density at radius 3 is 2.08 bits per heavy atom. The molecular weight excluding hydrogens is 1170 g/mol. The van der Waals surface area contributed by atoms with E-state index < -0.39 is 165 Å². The van der Waals surface area contributed by atoms with Gasteiger partial charge in [-0.25, -0.2) is 5.26 Å². The number of piperidine rings is 1. The molecule has 4 aliphatic heterocycles. The van der Waals surface area contributed by atoms with Crippen LogP contribution in [0.4, 0.5) is 5.69 Å². The van der Waals surface area contributed by atoms with Gasteiger partial charge in [0.25, 0.3) is 18.2 Å². The molecule has 13 N–H and O–H groups in total. The number of β-amino-alcohol motifs (C(OH)–C–C–N with tert-alkyl or cyclic N) is 1. The quantitative estimate of drug-likeness (QED) is 0.0287. The van der Waals surface area contributed by atoms with Crippen molar-refractivity contribution in [2.75, 3.05) is 37.6 Å². The van der Waals surface area contributed by atoms with Crippen LogP contribution in [0.15, 0.2) is 66.7 Å². The van der Waals surface area contributed by atoms with Crippen molar-refractivity contribution in [2.45, 2.75) is 132 Å². The van der Waals surface area contributed by atoms with Crippen LogP contribution in [0.5, 0.6) is 11.5 Å². The number of carbonyl (C=O) groups is 7. The third-order valence-corrected chi connectivity index (χ3v) is 16.7. The molecule has 0 saturated carbocycles. The molecule has 3 aromatic carbocycles. The highest BCUT2D eigenvalue weighted by Gasteiger charge is 2.50. The number of aliphatic hydroxyl groups is 6. The number of phenols is 1. The summed E-state index contributed by atoms with van der Waals surface area (Å²) >= 11 is 1.40. The fourth-order valence-electron chi connectivity index (χ4n) is 10.7. The van der Waals surface area contributed by atoms with Gasteiger partial charge in [-0.15, -0.1) is 10.2 Å². The Labute approximate surface area is 500 Å². The Hall–Kier alpha value is -7.61. The summed E-state index contributed by atoms with van der Waals surface area (Å²) in [5.41, 5.74) is 2.74. The molecule has 86 heavy (non-hydrogen) atoms. The van der Waals surface area contributed by atoms with Crippen LogP contribution in [0.1, 0.15) is 68.3 Å². The summed E-state index contributed by atoms with van der Waals surface area (Å²) in [6.07, 6.45) is -9.59. The molecule has 7 amide bonds. The Balaban J connectivity index is 1.08. The first-order chi connectivity index (χ1) is 41.1. The molecule has 4 saturated heterocycles. The van der Waals surface area contributed by atoms with Crippen LogP contribution < -0.4 is 35.7 Å². The lowest BCUT2D eigenvalue weighted by Gasteiger charge is -2.33. The topological polar surface area (TPSA) is 428 Å². The van der Waals surface area contributed by atoms with Gasteiger partial charge in [0.1, 0.15) is 46.3 Å². The molecule has 8 rings (SSSR count). The van der Waals surface area contributed by atoms with Crippen LogP contribution in [0.2, 0.25) is 0 Å². The average molecular weight is 1230 g/mol. The zero-order valence-electron chi connectivity index (χ0n) is 46.5. The number of benzene rings is 3. The molecule has 0 unspecified atom stereocenters. The third-order valence-electron chi connectivity index (χ3n) is 15.4. The van der Waals surface area contributed by atoms with E-state index in [9.17, 15) is 74.6 Å². The van der Waals surface area contributed by atoms with Crippen LogP contribution in [-0.4, -0.2) is 208 Å². The molecule has 5 heterocycles. The maximum atomic E-state index is 14.6. The Kier molecular flexibility index (Phi) is 21.9. The number of hydrogen-bond acceptors (Lipinski definition) is 24. The van der Waals surface area contributed by atoms with Crippen molar-refractivity contribution in [3.63, 3.8) is 0 Å². The highest BCUT2D eigenvalue weighted by Crippen LogP contribution is 2.34. The molecule has 31 heteroatoms. The van der Waals surface area contributed by atoms with E-state index in [0.29, 0.717) is 15.6 Å². The smallest absolute Gasteiger partial charge is 0.261 e. The van der Waals surface area contributed by atoms with E-state index in [1.165, 1.54) is 42.9 Å². The minimum atomic E-state index is -2.15. The van der Waals surface area contributed by atoms with Crippen molar-refractivity contribution in [3.05, 3.63) is 77.9 Å². The monoisotopic (exact) mass is 1230 g/mol. The number of anilines is 1. The first-order valence-corrected chi connectivity index (χ1v) is 29.1. The summed E-state index contributed by atoms with van der Waals surface area (Å²) in [5.74, 6) is -9.63. The predicted molar refractivity (Wildman–Crippen MR) is 303 cm³/mol. The molecular formula is C55H67N11O18S2. The van der Waals surface area contributed by atoms with Gasteiger partial charge in [-0.05, 0) is 80.3 Å². The summed E-state index contributed by atoms with van der Waals surface area (Å²) in [6.45, 7) is 2.98. The number of nitriles is 1. The number of carbonyl (C=O) groups excluding carboxylic acids is 7. The van der Waals surface area contributed by atoms with Gasteiger partial charge >= 0.3 is 0 Å². The number of hydrogen-bond donors (Lipinski definition) is 13. The van der Waals surface area contributed by atoms with Crippen LogP contribution in [0.3, 0.4) is 0 Å². The molecule has 462 valence electrons. The number of fused-ring (bicyclic) bond motifs is 2. The van der Waals surface area contributed by atoms with Crippen LogP contribution in [-0.2, 0) is 44.6 Å². The molecule has 29 nitrogen and oxygen atoms in total. The molecule has 0 bridgehead atoms. The van der Waals surface area contributed by atoms with Crippen LogP contribution in [0, 0.1) is 17.2 Å². The van der Waals surface area contributed by atoms with Gasteiger partial charge < -0.3 is 81.2 Å². The lowest BCUT2D eigenvalue weighted by Crippen LogP contribution is -2.64. The second-order valence-corrected chi connectivity index (χ2v) is 23.0. The van der Waals surface area contributed by atoms with E-state index in [1.807, 2.05) is 12.1 Å². The van der Waals surface area contributed by atoms with E-state index in [1.54, 1.807) is 18.2 Å². The number of aromatic nitrogens is 2. The van der Waals surface area contributed by atoms with Crippen molar-refractivity contribution >= 4 is 70.7 Å². The van der Waals surface area contributed by atoms with Gasteiger partial charge in [-0.2, -0.15) is 5.26 Å². The van der Waals surface area contributed by atoms with E-state index >= 15 is 0 Å². The predicted octanol–water partition coefficient (Wildman–Crippen LogP) is -1.21. The number of aliphatic hydroxyl groups excluding tert-OH is 6. The minimum absolute atomic E-state index is 0.0253. The largest absolute Gasteiger partial charge is 0.504 e. The van der Waals surface area contributed by atoms with Gasteiger partial charge in [0.05, 0.1) is 49.1 Å². The molecule has 4 aliphatic rings. The molecule has 4 aromatic rings. The lowest BCUT2D eigenvalue weighted by molar-refractivity contribution is -0.433. The fraction of sp³-hybridized carbons (Fsp3) is 0.491. The average Bonchev–Trinajstić information content (AvgIpc) is 2.20. The highest BCUT2D eigenvalue weighted by atomic mass is 32.2. The highest BCUT2D eigenvalue weighted by molar-refractivity contribution is 7.90. The Morgan fingerprint density at radius 1 is 0.791 bits per heavy atom. The van der Waals surface area contributed by atoms with Gasteiger partial charge in [-0.3, -0.25) is 33.6 Å². The molecule has 0 spiro atoms. The van der Waals surface area contributed by atoms with Gasteiger partial charge in [0, 0.05) is 80.3 Å². The van der Waals surface area contributed by atoms with E-state index in [-0.39, 0.29) is 35.7 Å². The summed E-state index contributed by atoms with van der Waals surface area (Å²) in [7, 11) is 0. The Bertz CT molecular complexity index is 3110. The van der Waals surface area contributed by atoms with E-state index in [0.717, 1.165) is 66.0 Å². The standard InChI is InChI=1S/C55H67N11O18S2/c1-27-25-66-45(46(27)73)51(78)57-24-34(68)22-36(58-47(74)30-7-9-31(10-8-30)52-62-63-53(85-52)32-11-13-33(14-12-32)64-18-4-3-5-19-64)48(75)59-42(28(2)67)54(79)65-26-35(69)23-37(65)49(76)60-43(50(77)61-44(55(66)80)39(71)16-17-56)40(72)20-29-6-15-38(70)41(21-29)82-86-84-83-81/h6-15,21,27-28,34-37,39-40,42-46,67-73,81H,3-5,16,18-20,22-26H2,1-2H3,(H,57,78)(H,58,74)(H,59,75)(H,60,76)(H,61,77)/t27-,28+,34+,35+,36+,37+,39-,40-,42+,43+,44+,45+,46+/m1/s1. The Morgan fingerprint density at radius 2 is 1.43 bits per heavy atom. The minimum Gasteiger partial charge on any atom is -0.504 e. The molecule has 13 atom stereocenters. The number of amides is 7. The van der Waals surface area contributed by atoms with Crippen molar-refractivity contribution in [1.29, 1.82) is 5.26 Å². The van der Waals surface area contributed by atoms with Crippen molar-refractivity contribution < 1.29 is 88.1 Å². The van der Waals surface area contributed by atoms with Gasteiger partial charge in [0.15, 0.2) is 11.5 Å². The number of nitrogens with one attached hydrogen (secondary N) is 5. The number of rotatable bonds is 15. The van der Waals surface area contributed by atoms with Crippen LogP contribution >= 0.6 is 23.7 Å². The number of aromatic hydroxyl groups is 1.